The quantitative estimate of drug-likeness (QED) is 0.153. The minimum absolute atomic E-state index is 0.0200. The van der Waals surface area contributed by atoms with Gasteiger partial charge in [0.05, 0.1) is 18.8 Å². The highest BCUT2D eigenvalue weighted by atomic mass is 19.2. The second kappa shape index (κ2) is 7.80. The van der Waals surface area contributed by atoms with E-state index in [0.717, 1.165) is 20.1 Å². The molecule has 4 nitrogen and oxygen atoms in total. The van der Waals surface area contributed by atoms with Crippen LogP contribution in [0.1, 0.15) is 35.3 Å². The van der Waals surface area contributed by atoms with Crippen molar-refractivity contribution in [2.75, 3.05) is 13.2 Å². The molecule has 0 atom stereocenters. The fourth-order valence-corrected chi connectivity index (χ4v) is 1.86. The number of halogens is 3. The molecule has 0 saturated carbocycles. The number of esters is 1. The Morgan fingerprint density at radius 3 is 2.04 bits per heavy atom. The second-order valence-corrected chi connectivity index (χ2v) is 4.60. The zero-order chi connectivity index (χ0) is 17.7. The van der Waals surface area contributed by atoms with Crippen molar-refractivity contribution in [3.63, 3.8) is 0 Å². The van der Waals surface area contributed by atoms with E-state index in [1.807, 2.05) is 0 Å². The van der Waals surface area contributed by atoms with Crippen LogP contribution in [0.5, 0.6) is 0 Å². The van der Waals surface area contributed by atoms with Crippen LogP contribution >= 0.6 is 0 Å². The van der Waals surface area contributed by atoms with Crippen molar-refractivity contribution >= 4 is 11.8 Å². The van der Waals surface area contributed by atoms with Gasteiger partial charge in [-0.25, -0.2) is 18.0 Å². The topological polar surface area (TPSA) is 52.6 Å². The molecule has 0 unspecified atom stereocenters. The predicted octanol–water partition coefficient (Wildman–Crippen LogP) is 3.39. The molecule has 0 bridgehead atoms. The summed E-state index contributed by atoms with van der Waals surface area (Å²) in [6.07, 6.45) is 0.829. The summed E-state index contributed by atoms with van der Waals surface area (Å²) in [5.41, 5.74) is -2.49. The summed E-state index contributed by atoms with van der Waals surface area (Å²) in [5, 5.41) is 0. The number of hydrogen-bond donors (Lipinski definition) is 0. The summed E-state index contributed by atoms with van der Waals surface area (Å²) < 4.78 is 51.2. The number of rotatable bonds is 6. The molecule has 0 saturated heterocycles. The van der Waals surface area contributed by atoms with Crippen molar-refractivity contribution in [1.82, 2.24) is 0 Å². The number of ether oxygens (including phenoxy) is 2. The van der Waals surface area contributed by atoms with Crippen LogP contribution in [0.25, 0.3) is 0 Å². The molecule has 0 heterocycles. The summed E-state index contributed by atoms with van der Waals surface area (Å²) in [4.78, 5) is 24.3. The van der Waals surface area contributed by atoms with E-state index in [-0.39, 0.29) is 13.2 Å². The fraction of sp³-hybridized carbons (Fsp3) is 0.375. The Kier molecular flexibility index (Phi) is 6.36. The van der Waals surface area contributed by atoms with Gasteiger partial charge < -0.3 is 9.47 Å². The molecule has 7 heteroatoms. The molecule has 0 spiro atoms. The summed E-state index contributed by atoms with van der Waals surface area (Å²) in [6, 6.07) is 0. The van der Waals surface area contributed by atoms with E-state index in [2.05, 4.69) is 0 Å². The maximum absolute atomic E-state index is 14.2. The average molecular weight is 330 g/mol. The highest BCUT2D eigenvalue weighted by Gasteiger charge is 2.30. The Labute approximate surface area is 131 Å². The van der Waals surface area contributed by atoms with Crippen molar-refractivity contribution in [3.05, 3.63) is 46.0 Å². The largest absolute Gasteiger partial charge is 0.500 e. The Morgan fingerprint density at radius 2 is 1.52 bits per heavy atom. The molecular weight excluding hydrogens is 313 g/mol. The van der Waals surface area contributed by atoms with Crippen LogP contribution in [0.3, 0.4) is 0 Å². The van der Waals surface area contributed by atoms with Gasteiger partial charge in [-0.2, -0.15) is 0 Å². The van der Waals surface area contributed by atoms with E-state index in [4.69, 9.17) is 9.47 Å². The molecule has 0 aliphatic heterocycles. The zero-order valence-electron chi connectivity index (χ0n) is 13.3. The Bertz CT molecular complexity index is 637. The van der Waals surface area contributed by atoms with E-state index >= 15 is 0 Å². The Balaban J connectivity index is 3.49. The van der Waals surface area contributed by atoms with E-state index in [1.54, 1.807) is 6.92 Å². The summed E-state index contributed by atoms with van der Waals surface area (Å²) in [5.74, 6) is -6.10. The molecule has 23 heavy (non-hydrogen) atoms. The lowest BCUT2D eigenvalue weighted by molar-refractivity contribution is -0.138. The first-order chi connectivity index (χ1) is 10.8. The van der Waals surface area contributed by atoms with Crippen LogP contribution in [0.4, 0.5) is 13.2 Å². The fourth-order valence-electron chi connectivity index (χ4n) is 1.86. The van der Waals surface area contributed by atoms with Crippen molar-refractivity contribution in [1.29, 1.82) is 0 Å². The van der Waals surface area contributed by atoms with Gasteiger partial charge in [0.15, 0.2) is 11.6 Å². The number of benzene rings is 1. The molecule has 0 aliphatic rings. The zero-order valence-corrected chi connectivity index (χ0v) is 13.3. The molecule has 0 aliphatic carbocycles. The van der Waals surface area contributed by atoms with E-state index < -0.39 is 51.5 Å². The smallest absolute Gasteiger partial charge is 0.345 e. The molecule has 126 valence electrons. The Hall–Kier alpha value is -2.31. The Morgan fingerprint density at radius 1 is 0.957 bits per heavy atom. The van der Waals surface area contributed by atoms with E-state index in [9.17, 15) is 22.8 Å². The molecule has 0 aromatic heterocycles. The summed E-state index contributed by atoms with van der Waals surface area (Å²) >= 11 is 0. The van der Waals surface area contributed by atoms with Crippen LogP contribution in [-0.2, 0) is 14.3 Å². The van der Waals surface area contributed by atoms with Gasteiger partial charge in [0, 0.05) is 11.1 Å². The van der Waals surface area contributed by atoms with Crippen LogP contribution in [0.15, 0.2) is 11.8 Å². The number of carbonyl (C=O) groups excluding carboxylic acids is 2. The van der Waals surface area contributed by atoms with Crippen molar-refractivity contribution in [3.8, 4) is 0 Å². The molecule has 1 aromatic rings. The third-order valence-electron chi connectivity index (χ3n) is 3.11. The lowest BCUT2D eigenvalue weighted by Crippen LogP contribution is -2.20. The maximum atomic E-state index is 14.2. The van der Waals surface area contributed by atoms with Gasteiger partial charge in [-0.3, -0.25) is 4.79 Å². The predicted molar refractivity (Wildman–Crippen MR) is 76.5 cm³/mol. The monoisotopic (exact) mass is 330 g/mol. The summed E-state index contributed by atoms with van der Waals surface area (Å²) in [6.45, 7) is 5.31. The van der Waals surface area contributed by atoms with Gasteiger partial charge in [-0.1, -0.05) is 0 Å². The minimum atomic E-state index is -1.37. The average Bonchev–Trinajstić information content (AvgIpc) is 2.52. The SMILES string of the molecule is CCO/C=C(\C(=O)OCC)C(=O)c1c(C)c(F)c(F)c(C)c1F. The molecule has 0 radical (unpaired) electrons. The molecule has 1 rings (SSSR count). The molecular formula is C16H17F3O4. The second-order valence-electron chi connectivity index (χ2n) is 4.60. The van der Waals surface area contributed by atoms with Crippen LogP contribution in [0, 0.1) is 31.3 Å². The van der Waals surface area contributed by atoms with Crippen molar-refractivity contribution in [2.45, 2.75) is 27.7 Å². The van der Waals surface area contributed by atoms with Gasteiger partial charge in [-0.05, 0) is 27.7 Å². The molecule has 1 aromatic carbocycles. The van der Waals surface area contributed by atoms with Crippen LogP contribution < -0.4 is 0 Å². The third kappa shape index (κ3) is 3.72. The first-order valence-corrected chi connectivity index (χ1v) is 6.95. The lowest BCUT2D eigenvalue weighted by Gasteiger charge is -2.13. The minimum Gasteiger partial charge on any atom is -0.500 e. The summed E-state index contributed by atoms with van der Waals surface area (Å²) in [7, 11) is 0. The number of carbonyl (C=O) groups is 2. The first kappa shape index (κ1) is 18.7. The highest BCUT2D eigenvalue weighted by molar-refractivity contribution is 6.24. The van der Waals surface area contributed by atoms with Gasteiger partial charge in [0.1, 0.15) is 17.7 Å². The van der Waals surface area contributed by atoms with Gasteiger partial charge >= 0.3 is 5.97 Å². The highest BCUT2D eigenvalue weighted by Crippen LogP contribution is 2.26. The normalized spacial score (nSPS) is 11.3. The van der Waals surface area contributed by atoms with E-state index in [1.165, 1.54) is 6.92 Å². The van der Waals surface area contributed by atoms with E-state index in [0.29, 0.717) is 0 Å². The number of hydrogen-bond acceptors (Lipinski definition) is 4. The maximum Gasteiger partial charge on any atom is 0.345 e. The standard InChI is InChI=1S/C16H17F3O4/c1-5-22-7-10(16(21)23-6-2)15(20)11-8(3)13(18)14(19)9(4)12(11)17/h7H,5-6H2,1-4H3/b10-7-. The number of ketones is 1. The molecule has 0 fully saturated rings. The molecule has 0 N–H and O–H groups in total. The van der Waals surface area contributed by atoms with Crippen molar-refractivity contribution in [2.24, 2.45) is 0 Å². The van der Waals surface area contributed by atoms with Gasteiger partial charge in [0.2, 0.25) is 5.78 Å². The van der Waals surface area contributed by atoms with Crippen LogP contribution in [-0.4, -0.2) is 25.0 Å². The lowest BCUT2D eigenvalue weighted by atomic mass is 9.96. The first-order valence-electron chi connectivity index (χ1n) is 6.95. The number of Topliss-reactive ketones (excluding diaryl/α,β-unsaturated/α-hetero) is 1. The van der Waals surface area contributed by atoms with Crippen molar-refractivity contribution < 1.29 is 32.2 Å². The third-order valence-corrected chi connectivity index (χ3v) is 3.11. The van der Waals surface area contributed by atoms with Gasteiger partial charge in [-0.15, -0.1) is 0 Å². The van der Waals surface area contributed by atoms with Crippen LogP contribution in [0.2, 0.25) is 0 Å². The van der Waals surface area contributed by atoms with Gasteiger partial charge in [0.25, 0.3) is 0 Å². The molecule has 0 amide bonds.